The normalized spacial score (nSPS) is 14.8. The molecule has 1 amide bonds. The fraction of sp³-hybridized carbons (Fsp3) is 0.667. The number of rotatable bonds is 8. The third-order valence-corrected chi connectivity index (χ3v) is 3.46. The van der Waals surface area contributed by atoms with Crippen molar-refractivity contribution in [2.75, 3.05) is 25.5 Å². The third-order valence-electron chi connectivity index (χ3n) is 3.46. The van der Waals surface area contributed by atoms with Crippen LogP contribution in [0.4, 0.5) is 5.69 Å². The van der Waals surface area contributed by atoms with E-state index in [1.807, 2.05) is 18.4 Å². The number of carbonyl (C=O) groups is 1. The molecule has 1 aromatic heterocycles. The van der Waals surface area contributed by atoms with Gasteiger partial charge in [0.25, 0.3) is 5.91 Å². The highest BCUT2D eigenvalue weighted by Gasteiger charge is 2.20. The quantitative estimate of drug-likeness (QED) is 0.717. The summed E-state index contributed by atoms with van der Waals surface area (Å²) in [6.07, 6.45) is 5.27. The van der Waals surface area contributed by atoms with E-state index in [1.54, 1.807) is 12.3 Å². The summed E-state index contributed by atoms with van der Waals surface area (Å²) in [6.45, 7) is 6.28. The van der Waals surface area contributed by atoms with Gasteiger partial charge in [-0.3, -0.25) is 4.79 Å². The first-order valence-electron chi connectivity index (χ1n) is 7.41. The molecule has 5 heteroatoms. The van der Waals surface area contributed by atoms with Crippen LogP contribution in [0.2, 0.25) is 0 Å². The van der Waals surface area contributed by atoms with Crippen molar-refractivity contribution in [1.29, 1.82) is 0 Å². The number of hydrogen-bond donors (Lipinski definition) is 2. The summed E-state index contributed by atoms with van der Waals surface area (Å²) in [5, 5.41) is 2.92. The number of nitrogens with two attached hydrogens (primary N) is 1. The lowest BCUT2D eigenvalue weighted by atomic mass is 10.3. The van der Waals surface area contributed by atoms with Crippen LogP contribution < -0.4 is 11.1 Å². The van der Waals surface area contributed by atoms with E-state index in [9.17, 15) is 4.79 Å². The van der Waals surface area contributed by atoms with Crippen LogP contribution in [0.25, 0.3) is 0 Å². The topological polar surface area (TPSA) is 69.3 Å². The van der Waals surface area contributed by atoms with Gasteiger partial charge in [-0.1, -0.05) is 0 Å². The van der Waals surface area contributed by atoms with Gasteiger partial charge in [-0.15, -0.1) is 0 Å². The van der Waals surface area contributed by atoms with Gasteiger partial charge in [0.15, 0.2) is 0 Å². The van der Waals surface area contributed by atoms with Gasteiger partial charge in [0.05, 0.1) is 5.69 Å². The van der Waals surface area contributed by atoms with E-state index in [0.29, 0.717) is 24.5 Å². The molecule has 0 atom stereocenters. The van der Waals surface area contributed by atoms with Gasteiger partial charge in [-0.2, -0.15) is 0 Å². The highest BCUT2D eigenvalue weighted by Crippen LogP contribution is 2.28. The number of nitrogens with zero attached hydrogens (tertiary/aromatic N) is 1. The summed E-state index contributed by atoms with van der Waals surface area (Å²) in [5.74, 6) is 0.722. The lowest BCUT2D eigenvalue weighted by molar-refractivity contribution is 0.0927. The Morgan fingerprint density at radius 1 is 1.55 bits per heavy atom. The molecule has 0 saturated heterocycles. The minimum atomic E-state index is -0.0717. The second kappa shape index (κ2) is 6.79. The van der Waals surface area contributed by atoms with Crippen molar-refractivity contribution in [2.24, 2.45) is 5.92 Å². The van der Waals surface area contributed by atoms with Crippen molar-refractivity contribution in [2.45, 2.75) is 39.2 Å². The van der Waals surface area contributed by atoms with Crippen molar-refractivity contribution in [3.63, 3.8) is 0 Å². The molecule has 0 spiro atoms. The minimum Gasteiger partial charge on any atom is -0.397 e. The Labute approximate surface area is 120 Å². The van der Waals surface area contributed by atoms with Crippen molar-refractivity contribution >= 4 is 11.6 Å². The van der Waals surface area contributed by atoms with E-state index in [2.05, 4.69) is 5.32 Å². The zero-order valence-electron chi connectivity index (χ0n) is 12.4. The Hall–Kier alpha value is -1.49. The standard InChI is InChI=1S/C15H25N3O2/c1-11(2)18-9-13(16)8-14(18)15(19)17-6-3-7-20-10-12-4-5-12/h8-9,11-12H,3-7,10,16H2,1-2H3,(H,17,19). The van der Waals surface area contributed by atoms with E-state index in [0.717, 1.165) is 18.9 Å². The van der Waals surface area contributed by atoms with E-state index >= 15 is 0 Å². The summed E-state index contributed by atoms with van der Waals surface area (Å²) in [6, 6.07) is 1.94. The maximum atomic E-state index is 12.1. The monoisotopic (exact) mass is 279 g/mol. The highest BCUT2D eigenvalue weighted by molar-refractivity contribution is 5.93. The number of nitrogen functional groups attached to an aromatic ring is 1. The Kier molecular flexibility index (Phi) is 5.06. The summed E-state index contributed by atoms with van der Waals surface area (Å²) in [7, 11) is 0. The SMILES string of the molecule is CC(C)n1cc(N)cc1C(=O)NCCCOCC1CC1. The third kappa shape index (κ3) is 4.27. The molecule has 0 aromatic carbocycles. The van der Waals surface area contributed by atoms with Crippen molar-refractivity contribution in [3.05, 3.63) is 18.0 Å². The number of nitrogens with one attached hydrogen (secondary N) is 1. The summed E-state index contributed by atoms with van der Waals surface area (Å²) in [5.41, 5.74) is 7.01. The molecule has 0 radical (unpaired) electrons. The molecule has 2 rings (SSSR count). The summed E-state index contributed by atoms with van der Waals surface area (Å²) >= 11 is 0. The Balaban J connectivity index is 1.70. The molecular weight excluding hydrogens is 254 g/mol. The molecule has 112 valence electrons. The summed E-state index contributed by atoms with van der Waals surface area (Å²) < 4.78 is 7.43. The molecule has 1 aromatic rings. The fourth-order valence-corrected chi connectivity index (χ4v) is 2.11. The van der Waals surface area contributed by atoms with Crippen LogP contribution in [-0.4, -0.2) is 30.2 Å². The molecule has 0 unspecified atom stereocenters. The largest absolute Gasteiger partial charge is 0.397 e. The van der Waals surface area contributed by atoms with Crippen LogP contribution in [-0.2, 0) is 4.74 Å². The van der Waals surface area contributed by atoms with Crippen LogP contribution in [0.5, 0.6) is 0 Å². The fourth-order valence-electron chi connectivity index (χ4n) is 2.11. The maximum absolute atomic E-state index is 12.1. The first kappa shape index (κ1) is 14.9. The predicted molar refractivity (Wildman–Crippen MR) is 79.7 cm³/mol. The lowest BCUT2D eigenvalue weighted by Crippen LogP contribution is -2.27. The van der Waals surface area contributed by atoms with Crippen LogP contribution in [0, 0.1) is 5.92 Å². The second-order valence-corrected chi connectivity index (χ2v) is 5.79. The molecular formula is C15H25N3O2. The lowest BCUT2D eigenvalue weighted by Gasteiger charge is -2.12. The van der Waals surface area contributed by atoms with Gasteiger partial charge in [0, 0.05) is 32.0 Å². The Bertz CT molecular complexity index is 450. The van der Waals surface area contributed by atoms with Crippen LogP contribution >= 0.6 is 0 Å². The zero-order valence-corrected chi connectivity index (χ0v) is 12.4. The number of carbonyl (C=O) groups excluding carboxylic acids is 1. The molecule has 1 fully saturated rings. The van der Waals surface area contributed by atoms with Crippen LogP contribution in [0.1, 0.15) is 49.6 Å². The molecule has 0 bridgehead atoms. The smallest absolute Gasteiger partial charge is 0.267 e. The minimum absolute atomic E-state index is 0.0717. The zero-order chi connectivity index (χ0) is 14.5. The van der Waals surface area contributed by atoms with Gasteiger partial charge < -0.3 is 20.4 Å². The Morgan fingerprint density at radius 2 is 2.30 bits per heavy atom. The number of anilines is 1. The molecule has 0 aliphatic heterocycles. The van der Waals surface area contributed by atoms with Gasteiger partial charge in [-0.25, -0.2) is 0 Å². The highest BCUT2D eigenvalue weighted by atomic mass is 16.5. The molecule has 1 heterocycles. The maximum Gasteiger partial charge on any atom is 0.267 e. The van der Waals surface area contributed by atoms with Gasteiger partial charge in [0.1, 0.15) is 5.69 Å². The van der Waals surface area contributed by atoms with E-state index < -0.39 is 0 Å². The van der Waals surface area contributed by atoms with Crippen molar-refractivity contribution in [3.8, 4) is 0 Å². The number of hydrogen-bond acceptors (Lipinski definition) is 3. The van der Waals surface area contributed by atoms with Gasteiger partial charge >= 0.3 is 0 Å². The Morgan fingerprint density at radius 3 is 2.95 bits per heavy atom. The molecule has 1 aliphatic carbocycles. The number of ether oxygens (including phenoxy) is 1. The van der Waals surface area contributed by atoms with E-state index in [1.165, 1.54) is 12.8 Å². The van der Waals surface area contributed by atoms with Crippen LogP contribution in [0.3, 0.4) is 0 Å². The molecule has 5 nitrogen and oxygen atoms in total. The predicted octanol–water partition coefficient (Wildman–Crippen LogP) is 2.20. The molecule has 1 aliphatic rings. The first-order chi connectivity index (χ1) is 9.58. The molecule has 3 N–H and O–H groups in total. The number of amides is 1. The first-order valence-corrected chi connectivity index (χ1v) is 7.41. The van der Waals surface area contributed by atoms with E-state index in [4.69, 9.17) is 10.5 Å². The van der Waals surface area contributed by atoms with Gasteiger partial charge in [0.2, 0.25) is 0 Å². The molecule has 20 heavy (non-hydrogen) atoms. The second-order valence-electron chi connectivity index (χ2n) is 5.79. The average molecular weight is 279 g/mol. The number of aromatic nitrogens is 1. The van der Waals surface area contributed by atoms with Crippen molar-refractivity contribution < 1.29 is 9.53 Å². The average Bonchev–Trinajstić information content (AvgIpc) is 3.13. The van der Waals surface area contributed by atoms with E-state index in [-0.39, 0.29) is 11.9 Å². The summed E-state index contributed by atoms with van der Waals surface area (Å²) in [4.78, 5) is 12.1. The van der Waals surface area contributed by atoms with Crippen molar-refractivity contribution in [1.82, 2.24) is 9.88 Å². The van der Waals surface area contributed by atoms with Gasteiger partial charge in [-0.05, 0) is 45.1 Å². The van der Waals surface area contributed by atoms with Crippen LogP contribution in [0.15, 0.2) is 12.3 Å². The molecule has 1 saturated carbocycles.